The zero-order chi connectivity index (χ0) is 26.6. The molecule has 3 aliphatic rings. The van der Waals surface area contributed by atoms with Crippen LogP contribution >= 0.6 is 0 Å². The Morgan fingerprint density at radius 3 is 2.46 bits per heavy atom. The van der Waals surface area contributed by atoms with Gasteiger partial charge < -0.3 is 15.0 Å². The molecule has 2 aliphatic heterocycles. The summed E-state index contributed by atoms with van der Waals surface area (Å²) >= 11 is 0. The van der Waals surface area contributed by atoms with Crippen LogP contribution in [0.4, 0.5) is 29.5 Å². The van der Waals surface area contributed by atoms with E-state index >= 15 is 0 Å². The molecule has 37 heavy (non-hydrogen) atoms. The normalized spacial score (nSPS) is 24.9. The van der Waals surface area contributed by atoms with E-state index in [4.69, 9.17) is 4.74 Å². The van der Waals surface area contributed by atoms with E-state index in [2.05, 4.69) is 17.2 Å². The number of halogens is 3. The second-order valence-corrected chi connectivity index (χ2v) is 10.8. The lowest BCUT2D eigenvalue weighted by atomic mass is 9.95. The van der Waals surface area contributed by atoms with Crippen LogP contribution in [0.5, 0.6) is 0 Å². The number of imide groups is 1. The predicted octanol–water partition coefficient (Wildman–Crippen LogP) is 5.26. The van der Waals surface area contributed by atoms with Gasteiger partial charge in [-0.15, -0.1) is 0 Å². The van der Waals surface area contributed by atoms with Gasteiger partial charge >= 0.3 is 12.2 Å². The van der Waals surface area contributed by atoms with Crippen LogP contribution < -0.4 is 10.2 Å². The topological polar surface area (TPSA) is 74.8 Å². The van der Waals surface area contributed by atoms with Crippen LogP contribution in [0.2, 0.25) is 0 Å². The molecule has 1 aromatic heterocycles. The van der Waals surface area contributed by atoms with E-state index in [0.29, 0.717) is 24.9 Å². The standard InChI is InChI=1S/C27H31F3N4O3/c1-17-16-37-13-9-21(17)32-22-14-18(8-12-31-22)15-33-24(36)34(23(35)25(33,2)3)20-6-4-19(5-7-20)26(10-11-26)27(28,29)30/h4-8,12,14,17,21H,9-11,13,15-16H2,1-3H3,(H,31,32). The largest absolute Gasteiger partial charge is 0.398 e. The first-order chi connectivity index (χ1) is 17.4. The van der Waals surface area contributed by atoms with Gasteiger partial charge in [0.05, 0.1) is 17.7 Å². The molecular weight excluding hydrogens is 485 g/mol. The monoisotopic (exact) mass is 516 g/mol. The minimum Gasteiger partial charge on any atom is -0.381 e. The number of alkyl halides is 3. The number of carbonyl (C=O) groups is 2. The van der Waals surface area contributed by atoms with Crippen molar-refractivity contribution in [2.45, 2.75) is 69.8 Å². The third kappa shape index (κ3) is 4.45. The number of carbonyl (C=O) groups excluding carboxylic acids is 2. The SMILES string of the molecule is CC1COCCC1Nc1cc(CN2C(=O)N(c3ccc(C4(C(F)(F)F)CC4)cc3)C(=O)C2(C)C)ccn1. The summed E-state index contributed by atoms with van der Waals surface area (Å²) in [5.74, 6) is 0.602. The third-order valence-corrected chi connectivity index (χ3v) is 7.93. The molecule has 10 heteroatoms. The van der Waals surface area contributed by atoms with Gasteiger partial charge in [-0.05, 0) is 74.4 Å². The van der Waals surface area contributed by atoms with Crippen LogP contribution in [0.25, 0.3) is 0 Å². The highest BCUT2D eigenvalue weighted by Gasteiger charge is 2.64. The average Bonchev–Trinajstić information content (AvgIpc) is 3.64. The molecule has 5 rings (SSSR count). The highest BCUT2D eigenvalue weighted by molar-refractivity contribution is 6.22. The molecule has 2 atom stereocenters. The summed E-state index contributed by atoms with van der Waals surface area (Å²) in [5, 5.41) is 3.45. The number of anilines is 2. The van der Waals surface area contributed by atoms with E-state index in [1.165, 1.54) is 29.2 Å². The van der Waals surface area contributed by atoms with Gasteiger partial charge in [0.25, 0.3) is 5.91 Å². The van der Waals surface area contributed by atoms with Crippen molar-refractivity contribution < 1.29 is 27.5 Å². The van der Waals surface area contributed by atoms with Crippen LogP contribution in [0.15, 0.2) is 42.6 Å². The zero-order valence-electron chi connectivity index (χ0n) is 21.1. The number of pyridine rings is 1. The minimum atomic E-state index is -4.33. The quantitative estimate of drug-likeness (QED) is 0.531. The van der Waals surface area contributed by atoms with E-state index in [0.717, 1.165) is 16.9 Å². The van der Waals surface area contributed by atoms with Crippen LogP contribution in [0.1, 0.15) is 51.2 Å². The van der Waals surface area contributed by atoms with E-state index < -0.39 is 29.1 Å². The molecule has 1 N–H and O–H groups in total. The number of hydrogen-bond donors (Lipinski definition) is 1. The molecule has 3 amide bonds. The maximum absolute atomic E-state index is 13.5. The van der Waals surface area contributed by atoms with E-state index in [1.807, 2.05) is 6.07 Å². The highest BCUT2D eigenvalue weighted by atomic mass is 19.4. The molecule has 7 nitrogen and oxygen atoms in total. The molecule has 1 aliphatic carbocycles. The number of nitrogens with zero attached hydrogens (tertiary/aromatic N) is 3. The average molecular weight is 517 g/mol. The van der Waals surface area contributed by atoms with Crippen molar-refractivity contribution in [1.29, 1.82) is 0 Å². The molecule has 2 saturated heterocycles. The van der Waals surface area contributed by atoms with Crippen molar-refractivity contribution in [3.63, 3.8) is 0 Å². The molecule has 0 radical (unpaired) electrons. The van der Waals surface area contributed by atoms with Crippen LogP contribution in [-0.4, -0.2) is 52.8 Å². The van der Waals surface area contributed by atoms with Gasteiger partial charge in [-0.25, -0.2) is 14.7 Å². The summed E-state index contributed by atoms with van der Waals surface area (Å²) in [7, 11) is 0. The molecule has 1 aromatic carbocycles. The number of ether oxygens (including phenoxy) is 1. The molecule has 0 bridgehead atoms. The summed E-state index contributed by atoms with van der Waals surface area (Å²) in [4.78, 5) is 33.7. The number of hydrogen-bond acceptors (Lipinski definition) is 5. The number of amides is 3. The summed E-state index contributed by atoms with van der Waals surface area (Å²) < 4.78 is 46.0. The lowest BCUT2D eigenvalue weighted by Crippen LogP contribution is -2.43. The number of benzene rings is 1. The van der Waals surface area contributed by atoms with Gasteiger partial charge in [0, 0.05) is 25.4 Å². The van der Waals surface area contributed by atoms with Crippen molar-refractivity contribution in [3.05, 3.63) is 53.7 Å². The molecule has 0 spiro atoms. The van der Waals surface area contributed by atoms with E-state index in [1.54, 1.807) is 26.1 Å². The maximum Gasteiger partial charge on any atom is 0.398 e. The van der Waals surface area contributed by atoms with Gasteiger partial charge in [0.2, 0.25) is 0 Å². The van der Waals surface area contributed by atoms with Crippen LogP contribution in [0.3, 0.4) is 0 Å². The van der Waals surface area contributed by atoms with Gasteiger partial charge in [-0.1, -0.05) is 19.1 Å². The molecule has 2 aromatic rings. The Bertz CT molecular complexity index is 1190. The van der Waals surface area contributed by atoms with Crippen molar-refractivity contribution in [2.75, 3.05) is 23.4 Å². The minimum absolute atomic E-state index is 0.0500. The molecule has 3 heterocycles. The van der Waals surface area contributed by atoms with Crippen LogP contribution in [-0.2, 0) is 21.5 Å². The number of urea groups is 1. The zero-order valence-corrected chi connectivity index (χ0v) is 21.1. The number of rotatable bonds is 6. The molecular formula is C27H31F3N4O3. The van der Waals surface area contributed by atoms with E-state index in [9.17, 15) is 22.8 Å². The fraction of sp³-hybridized carbons (Fsp3) is 0.519. The smallest absolute Gasteiger partial charge is 0.381 e. The van der Waals surface area contributed by atoms with Crippen molar-refractivity contribution in [1.82, 2.24) is 9.88 Å². The Kier molecular flexibility index (Phi) is 6.21. The molecule has 2 unspecified atom stereocenters. The summed E-state index contributed by atoms with van der Waals surface area (Å²) in [6, 6.07) is 9.02. The second kappa shape index (κ2) is 9.01. The molecule has 3 fully saturated rings. The lowest BCUT2D eigenvalue weighted by molar-refractivity contribution is -0.160. The fourth-order valence-corrected chi connectivity index (χ4v) is 5.24. The summed E-state index contributed by atoms with van der Waals surface area (Å²) in [5.41, 5.74) is -1.71. The fourth-order valence-electron chi connectivity index (χ4n) is 5.24. The Labute approximate surface area is 214 Å². The summed E-state index contributed by atoms with van der Waals surface area (Å²) in [6.45, 7) is 7.03. The van der Waals surface area contributed by atoms with E-state index in [-0.39, 0.29) is 36.7 Å². The lowest BCUT2D eigenvalue weighted by Gasteiger charge is -2.30. The Morgan fingerprint density at radius 1 is 1.14 bits per heavy atom. The van der Waals surface area contributed by atoms with Crippen molar-refractivity contribution >= 4 is 23.4 Å². The maximum atomic E-state index is 13.5. The van der Waals surface area contributed by atoms with Crippen molar-refractivity contribution in [2.24, 2.45) is 5.92 Å². The van der Waals surface area contributed by atoms with Gasteiger partial charge in [-0.3, -0.25) is 4.79 Å². The van der Waals surface area contributed by atoms with Gasteiger partial charge in [0.15, 0.2) is 0 Å². The second-order valence-electron chi connectivity index (χ2n) is 10.8. The summed E-state index contributed by atoms with van der Waals surface area (Å²) in [6.07, 6.45) is -1.69. The first kappa shape index (κ1) is 25.5. The Morgan fingerprint density at radius 2 is 1.84 bits per heavy atom. The molecule has 1 saturated carbocycles. The third-order valence-electron chi connectivity index (χ3n) is 7.93. The number of nitrogens with one attached hydrogen (secondary N) is 1. The van der Waals surface area contributed by atoms with Crippen molar-refractivity contribution in [3.8, 4) is 0 Å². The van der Waals surface area contributed by atoms with Gasteiger partial charge in [-0.2, -0.15) is 13.2 Å². The first-order valence-corrected chi connectivity index (χ1v) is 12.6. The number of aromatic nitrogens is 1. The van der Waals surface area contributed by atoms with Crippen LogP contribution in [0, 0.1) is 5.92 Å². The Balaban J connectivity index is 1.34. The Hall–Kier alpha value is -3.14. The first-order valence-electron chi connectivity index (χ1n) is 12.6. The predicted molar refractivity (Wildman–Crippen MR) is 132 cm³/mol. The highest BCUT2D eigenvalue weighted by Crippen LogP contribution is 2.59. The van der Waals surface area contributed by atoms with Gasteiger partial charge in [0.1, 0.15) is 11.4 Å². The molecule has 198 valence electrons.